The Bertz CT molecular complexity index is 1460. The standard InChI is InChI=1S/C39H46N4/c1-30(42(26-16-25-40)38(3,4)5)36-21-14-12-19-34(36)24-23-33(28-41)27-35-20-13-15-22-37(35)31(2)43(39(6,7)8)29-32-17-10-9-11-18-32/h9-10,12-15,17,19-22,33H,1-2,16,23-24,26-27,29H2,3-8H3. The van der Waals surface area contributed by atoms with E-state index in [0.29, 0.717) is 25.9 Å². The molecular formula is C39H46N4. The van der Waals surface area contributed by atoms with Crippen LogP contribution < -0.4 is 0 Å². The largest absolute Gasteiger partial charge is 0.366 e. The molecule has 222 valence electrons. The molecule has 0 saturated carbocycles. The molecule has 0 aliphatic carbocycles. The number of rotatable bonds is 13. The maximum Gasteiger partial charge on any atom is 0.0659 e. The Labute approximate surface area is 260 Å². The summed E-state index contributed by atoms with van der Waals surface area (Å²) in [7, 11) is 0. The van der Waals surface area contributed by atoms with Crippen LogP contribution in [0.3, 0.4) is 0 Å². The van der Waals surface area contributed by atoms with Crippen LogP contribution in [0.5, 0.6) is 0 Å². The topological polar surface area (TPSA) is 54.1 Å². The molecule has 1 atom stereocenters. The molecule has 0 amide bonds. The molecule has 0 bridgehead atoms. The van der Waals surface area contributed by atoms with Crippen LogP contribution in [-0.2, 0) is 19.4 Å². The van der Waals surface area contributed by atoms with Crippen molar-refractivity contribution in [1.82, 2.24) is 9.80 Å². The van der Waals surface area contributed by atoms with Crippen molar-refractivity contribution in [2.24, 2.45) is 5.92 Å². The summed E-state index contributed by atoms with van der Waals surface area (Å²) in [6.07, 6.45) is 2.58. The first-order valence-electron chi connectivity index (χ1n) is 15.1. The highest BCUT2D eigenvalue weighted by Gasteiger charge is 2.26. The fourth-order valence-corrected chi connectivity index (χ4v) is 5.52. The summed E-state index contributed by atoms with van der Waals surface area (Å²) in [6.45, 7) is 23.3. The number of benzene rings is 2. The molecule has 1 unspecified atom stereocenters. The van der Waals surface area contributed by atoms with Crippen molar-refractivity contribution in [2.75, 3.05) is 6.54 Å². The predicted molar refractivity (Wildman–Crippen MR) is 178 cm³/mol. The van der Waals surface area contributed by atoms with E-state index in [0.717, 1.165) is 46.5 Å². The first-order valence-corrected chi connectivity index (χ1v) is 15.1. The van der Waals surface area contributed by atoms with E-state index >= 15 is 0 Å². The molecule has 4 heteroatoms. The zero-order chi connectivity index (χ0) is 31.6. The lowest BCUT2D eigenvalue weighted by molar-refractivity contribution is 0.214. The molecule has 0 aliphatic heterocycles. The normalized spacial score (nSPS) is 11.9. The number of nitriles is 2. The van der Waals surface area contributed by atoms with Gasteiger partial charge in [0.15, 0.2) is 0 Å². The molecule has 0 spiro atoms. The Morgan fingerprint density at radius 1 is 0.814 bits per heavy atom. The number of aryl methyl sites for hydroxylation is 1. The molecule has 0 saturated heterocycles. The first-order chi connectivity index (χ1) is 20.4. The highest BCUT2D eigenvalue weighted by Crippen LogP contribution is 2.32. The van der Waals surface area contributed by atoms with Gasteiger partial charge in [-0.2, -0.15) is 10.5 Å². The van der Waals surface area contributed by atoms with Gasteiger partial charge in [0.25, 0.3) is 0 Å². The Morgan fingerprint density at radius 3 is 1.95 bits per heavy atom. The van der Waals surface area contributed by atoms with Gasteiger partial charge in [0.2, 0.25) is 0 Å². The van der Waals surface area contributed by atoms with E-state index < -0.39 is 0 Å². The monoisotopic (exact) mass is 570 g/mol. The van der Waals surface area contributed by atoms with Crippen LogP contribution in [0.1, 0.15) is 82.2 Å². The predicted octanol–water partition coefficient (Wildman–Crippen LogP) is 8.86. The van der Waals surface area contributed by atoms with Gasteiger partial charge in [0, 0.05) is 45.7 Å². The zero-order valence-electron chi connectivity index (χ0n) is 26.9. The number of hydrogen-bond acceptors (Lipinski definition) is 4. The van der Waals surface area contributed by atoms with Gasteiger partial charge >= 0.3 is 0 Å². The minimum absolute atomic E-state index is 0.160. The van der Waals surface area contributed by atoms with Crippen LogP contribution >= 0.6 is 0 Å². The minimum Gasteiger partial charge on any atom is -0.366 e. The van der Waals surface area contributed by atoms with Crippen LogP contribution in [-0.4, -0.2) is 27.4 Å². The van der Waals surface area contributed by atoms with E-state index in [2.05, 4.69) is 119 Å². The SMILES string of the molecule is C=C(c1ccccc1CCC(C#N)Cc1ccccc1C(=C)N(Cc1c#cccc1)C(C)(C)C)N(CCC#N)C(C)(C)C. The van der Waals surface area contributed by atoms with Crippen LogP contribution in [0.15, 0.2) is 79.9 Å². The quantitative estimate of drug-likeness (QED) is 0.206. The molecule has 0 aromatic heterocycles. The lowest BCUT2D eigenvalue weighted by Crippen LogP contribution is -2.40. The van der Waals surface area contributed by atoms with Gasteiger partial charge in [0.05, 0.1) is 31.0 Å². The molecule has 3 rings (SSSR count). The highest BCUT2D eigenvalue weighted by atomic mass is 15.2. The second kappa shape index (κ2) is 14.6. The second-order valence-electron chi connectivity index (χ2n) is 13.1. The Balaban J connectivity index is 1.81. The summed E-state index contributed by atoms with van der Waals surface area (Å²) in [5, 5.41) is 19.5. The summed E-state index contributed by atoms with van der Waals surface area (Å²) in [5.74, 6) is -0.160. The third-order valence-electron chi connectivity index (χ3n) is 7.82. The van der Waals surface area contributed by atoms with E-state index in [1.165, 1.54) is 5.56 Å². The highest BCUT2D eigenvalue weighted by molar-refractivity contribution is 5.67. The summed E-state index contributed by atoms with van der Waals surface area (Å²) < 4.78 is 0. The molecule has 0 heterocycles. The molecule has 3 aromatic carbocycles. The van der Waals surface area contributed by atoms with Crippen LogP contribution in [0.25, 0.3) is 11.4 Å². The summed E-state index contributed by atoms with van der Waals surface area (Å²) >= 11 is 0. The Hall–Kier alpha value is -4.46. The average molecular weight is 571 g/mol. The first kappa shape index (κ1) is 33.0. The van der Waals surface area contributed by atoms with Crippen molar-refractivity contribution < 1.29 is 0 Å². The molecule has 43 heavy (non-hydrogen) atoms. The van der Waals surface area contributed by atoms with E-state index in [-0.39, 0.29) is 17.0 Å². The fourth-order valence-electron chi connectivity index (χ4n) is 5.52. The summed E-state index contributed by atoms with van der Waals surface area (Å²) in [4.78, 5) is 4.52. The Morgan fingerprint density at radius 2 is 1.40 bits per heavy atom. The third kappa shape index (κ3) is 9.01. The van der Waals surface area contributed by atoms with E-state index in [1.807, 2.05) is 36.4 Å². The van der Waals surface area contributed by atoms with E-state index in [4.69, 9.17) is 0 Å². The smallest absolute Gasteiger partial charge is 0.0659 e. The average Bonchev–Trinajstić information content (AvgIpc) is 2.97. The molecule has 3 aromatic rings. The van der Waals surface area contributed by atoms with Crippen molar-refractivity contribution in [3.05, 3.63) is 120 Å². The fraction of sp³-hybridized carbons (Fsp3) is 0.385. The lowest BCUT2D eigenvalue weighted by atomic mass is 9.89. The van der Waals surface area contributed by atoms with Crippen molar-refractivity contribution in [3.63, 3.8) is 0 Å². The van der Waals surface area contributed by atoms with Crippen LogP contribution in [0.2, 0.25) is 0 Å². The number of nitrogens with zero attached hydrogens (tertiary/aromatic N) is 4. The van der Waals surface area contributed by atoms with Gasteiger partial charge in [0.1, 0.15) is 0 Å². The summed E-state index contributed by atoms with van der Waals surface area (Å²) in [5.41, 5.74) is 7.05. The van der Waals surface area contributed by atoms with Gasteiger partial charge in [-0.15, -0.1) is 0 Å². The van der Waals surface area contributed by atoms with Crippen molar-refractivity contribution >= 4 is 11.4 Å². The van der Waals surface area contributed by atoms with Gasteiger partial charge in [-0.1, -0.05) is 79.9 Å². The summed E-state index contributed by atoms with van der Waals surface area (Å²) in [6, 6.07) is 33.7. The molecule has 0 N–H and O–H groups in total. The lowest BCUT2D eigenvalue weighted by Gasteiger charge is -2.39. The van der Waals surface area contributed by atoms with Gasteiger partial charge in [-0.25, -0.2) is 0 Å². The van der Waals surface area contributed by atoms with Crippen LogP contribution in [0, 0.1) is 40.7 Å². The van der Waals surface area contributed by atoms with Gasteiger partial charge in [-0.3, -0.25) is 0 Å². The maximum absolute atomic E-state index is 10.3. The van der Waals surface area contributed by atoms with Crippen molar-refractivity contribution in [1.29, 1.82) is 10.5 Å². The number of hydrogen-bond donors (Lipinski definition) is 0. The molecular weight excluding hydrogens is 524 g/mol. The molecule has 0 fully saturated rings. The van der Waals surface area contributed by atoms with Crippen molar-refractivity contribution in [3.8, 4) is 12.1 Å². The van der Waals surface area contributed by atoms with Crippen molar-refractivity contribution in [2.45, 2.75) is 84.8 Å². The molecule has 0 radical (unpaired) electrons. The van der Waals surface area contributed by atoms with Crippen LogP contribution in [0.4, 0.5) is 0 Å². The second-order valence-corrected chi connectivity index (χ2v) is 13.1. The van der Waals surface area contributed by atoms with Gasteiger partial charge < -0.3 is 9.80 Å². The van der Waals surface area contributed by atoms with E-state index in [1.54, 1.807) is 0 Å². The van der Waals surface area contributed by atoms with E-state index in [9.17, 15) is 10.5 Å². The maximum atomic E-state index is 10.3. The third-order valence-corrected chi connectivity index (χ3v) is 7.82. The minimum atomic E-state index is -0.167. The molecule has 0 aliphatic rings. The zero-order valence-corrected chi connectivity index (χ0v) is 26.9. The van der Waals surface area contributed by atoms with Gasteiger partial charge in [-0.05, 0) is 84.1 Å². The molecule has 4 nitrogen and oxygen atoms in total. The Kier molecular flexibility index (Phi) is 11.2.